The molecule has 0 aliphatic rings. The molecule has 10 heavy (non-hydrogen) atoms. The molecule has 0 spiro atoms. The lowest BCUT2D eigenvalue weighted by Crippen LogP contribution is -2.06. The molecular formula is C6H12N4. The fourth-order valence-corrected chi connectivity index (χ4v) is 0.672. The molecule has 0 aliphatic carbocycles. The van der Waals surface area contributed by atoms with Crippen LogP contribution in [0.3, 0.4) is 0 Å². The molecule has 0 aliphatic heterocycles. The normalized spacial score (nSPS) is 13.5. The average molecular weight is 140 g/mol. The van der Waals surface area contributed by atoms with Gasteiger partial charge in [-0.3, -0.25) is 5.10 Å². The van der Waals surface area contributed by atoms with Gasteiger partial charge < -0.3 is 5.73 Å². The van der Waals surface area contributed by atoms with Crippen molar-refractivity contribution < 1.29 is 0 Å². The van der Waals surface area contributed by atoms with E-state index in [0.29, 0.717) is 5.82 Å². The van der Waals surface area contributed by atoms with E-state index in [1.54, 1.807) is 0 Å². The standard InChI is InChI=1S/C6H12N4/c1-3-5-8-6(4(2)7)10-9-5/h4H,3,7H2,1-2H3,(H,8,9,10). The number of hydrogen-bond donors (Lipinski definition) is 2. The summed E-state index contributed by atoms with van der Waals surface area (Å²) in [5, 5.41) is 6.72. The first-order chi connectivity index (χ1) is 4.74. The molecular weight excluding hydrogens is 128 g/mol. The van der Waals surface area contributed by atoms with E-state index < -0.39 is 0 Å². The van der Waals surface area contributed by atoms with Crippen LogP contribution < -0.4 is 5.73 Å². The summed E-state index contributed by atoms with van der Waals surface area (Å²) >= 11 is 0. The highest BCUT2D eigenvalue weighted by Gasteiger charge is 2.04. The third kappa shape index (κ3) is 1.33. The summed E-state index contributed by atoms with van der Waals surface area (Å²) in [6, 6.07) is -0.0726. The number of H-pyrrole nitrogens is 1. The monoisotopic (exact) mass is 140 g/mol. The number of nitrogens with two attached hydrogens (primary N) is 1. The number of hydrogen-bond acceptors (Lipinski definition) is 3. The summed E-state index contributed by atoms with van der Waals surface area (Å²) in [5.41, 5.74) is 5.54. The van der Waals surface area contributed by atoms with Crippen molar-refractivity contribution in [1.29, 1.82) is 0 Å². The van der Waals surface area contributed by atoms with Crippen LogP contribution in [0.2, 0.25) is 0 Å². The molecule has 4 nitrogen and oxygen atoms in total. The first kappa shape index (κ1) is 7.21. The van der Waals surface area contributed by atoms with Gasteiger partial charge in [0.05, 0.1) is 6.04 Å². The Kier molecular flexibility index (Phi) is 2.01. The molecule has 3 N–H and O–H groups in total. The number of nitrogens with zero attached hydrogens (tertiary/aromatic N) is 2. The highest BCUT2D eigenvalue weighted by molar-refractivity contribution is 4.93. The Morgan fingerprint density at radius 1 is 1.70 bits per heavy atom. The van der Waals surface area contributed by atoms with Crippen LogP contribution in [0.25, 0.3) is 0 Å². The number of rotatable bonds is 2. The van der Waals surface area contributed by atoms with Gasteiger partial charge in [0.2, 0.25) is 0 Å². The summed E-state index contributed by atoms with van der Waals surface area (Å²) in [6.45, 7) is 3.88. The lowest BCUT2D eigenvalue weighted by atomic mass is 10.3. The third-order valence-electron chi connectivity index (χ3n) is 1.29. The van der Waals surface area contributed by atoms with Crippen molar-refractivity contribution in [2.24, 2.45) is 5.73 Å². The summed E-state index contributed by atoms with van der Waals surface area (Å²) in [5.74, 6) is 1.59. The van der Waals surface area contributed by atoms with Gasteiger partial charge in [0.15, 0.2) is 5.82 Å². The van der Waals surface area contributed by atoms with Crippen molar-refractivity contribution in [1.82, 2.24) is 15.2 Å². The topological polar surface area (TPSA) is 67.6 Å². The van der Waals surface area contributed by atoms with E-state index in [4.69, 9.17) is 5.73 Å². The largest absolute Gasteiger partial charge is 0.321 e. The Bertz CT molecular complexity index is 203. The lowest BCUT2D eigenvalue weighted by Gasteiger charge is -1.93. The number of aromatic nitrogens is 3. The molecule has 0 saturated carbocycles. The maximum Gasteiger partial charge on any atom is 0.167 e. The van der Waals surface area contributed by atoms with Gasteiger partial charge in [-0.15, -0.1) is 0 Å². The fourth-order valence-electron chi connectivity index (χ4n) is 0.672. The predicted octanol–water partition coefficient (Wildman–Crippen LogP) is 0.387. The first-order valence-corrected chi connectivity index (χ1v) is 3.40. The smallest absolute Gasteiger partial charge is 0.167 e. The SMILES string of the molecule is CCc1nc(C(C)N)n[nH]1. The third-order valence-corrected chi connectivity index (χ3v) is 1.29. The van der Waals surface area contributed by atoms with E-state index in [1.165, 1.54) is 0 Å². The molecule has 0 bridgehead atoms. The first-order valence-electron chi connectivity index (χ1n) is 3.40. The second kappa shape index (κ2) is 2.79. The lowest BCUT2D eigenvalue weighted by molar-refractivity contribution is 0.744. The summed E-state index contributed by atoms with van der Waals surface area (Å²) in [7, 11) is 0. The highest BCUT2D eigenvalue weighted by Crippen LogP contribution is 2.01. The quantitative estimate of drug-likeness (QED) is 0.624. The Labute approximate surface area is 59.8 Å². The zero-order valence-electron chi connectivity index (χ0n) is 6.26. The van der Waals surface area contributed by atoms with Gasteiger partial charge in [-0.25, -0.2) is 4.98 Å². The van der Waals surface area contributed by atoms with Crippen LogP contribution in [-0.4, -0.2) is 15.2 Å². The van der Waals surface area contributed by atoms with Crippen LogP contribution in [-0.2, 0) is 6.42 Å². The van der Waals surface area contributed by atoms with Crippen molar-refractivity contribution in [3.63, 3.8) is 0 Å². The second-order valence-corrected chi connectivity index (χ2v) is 2.28. The minimum absolute atomic E-state index is 0.0726. The summed E-state index contributed by atoms with van der Waals surface area (Å²) < 4.78 is 0. The molecule has 56 valence electrons. The van der Waals surface area contributed by atoms with E-state index in [0.717, 1.165) is 12.2 Å². The van der Waals surface area contributed by atoms with Crippen LogP contribution in [0.1, 0.15) is 31.5 Å². The van der Waals surface area contributed by atoms with E-state index in [2.05, 4.69) is 15.2 Å². The predicted molar refractivity (Wildman–Crippen MR) is 38.4 cm³/mol. The van der Waals surface area contributed by atoms with Crippen molar-refractivity contribution in [2.45, 2.75) is 26.3 Å². The van der Waals surface area contributed by atoms with Crippen LogP contribution in [0.4, 0.5) is 0 Å². The molecule has 0 fully saturated rings. The molecule has 0 aromatic carbocycles. The maximum atomic E-state index is 5.54. The number of aryl methyl sites for hydroxylation is 1. The Hall–Kier alpha value is -0.900. The van der Waals surface area contributed by atoms with Gasteiger partial charge in [0, 0.05) is 6.42 Å². The van der Waals surface area contributed by atoms with Gasteiger partial charge in [-0.1, -0.05) is 6.92 Å². The molecule has 1 aromatic rings. The fraction of sp³-hybridized carbons (Fsp3) is 0.667. The molecule has 0 saturated heterocycles. The van der Waals surface area contributed by atoms with Crippen LogP contribution >= 0.6 is 0 Å². The zero-order chi connectivity index (χ0) is 7.56. The molecule has 0 amide bonds. The van der Waals surface area contributed by atoms with Crippen molar-refractivity contribution >= 4 is 0 Å². The van der Waals surface area contributed by atoms with E-state index in [9.17, 15) is 0 Å². The van der Waals surface area contributed by atoms with E-state index in [-0.39, 0.29) is 6.04 Å². The zero-order valence-corrected chi connectivity index (χ0v) is 6.26. The minimum Gasteiger partial charge on any atom is -0.321 e. The second-order valence-electron chi connectivity index (χ2n) is 2.28. The highest BCUT2D eigenvalue weighted by atomic mass is 15.2. The maximum absolute atomic E-state index is 5.54. The minimum atomic E-state index is -0.0726. The molecule has 1 heterocycles. The van der Waals surface area contributed by atoms with Crippen molar-refractivity contribution in [2.75, 3.05) is 0 Å². The van der Waals surface area contributed by atoms with Gasteiger partial charge >= 0.3 is 0 Å². The van der Waals surface area contributed by atoms with E-state index in [1.807, 2.05) is 13.8 Å². The molecule has 1 rings (SSSR count). The Morgan fingerprint density at radius 3 is 2.70 bits per heavy atom. The van der Waals surface area contributed by atoms with Crippen LogP contribution in [0.5, 0.6) is 0 Å². The molecule has 1 atom stereocenters. The number of aromatic amines is 1. The summed E-state index contributed by atoms with van der Waals surface area (Å²) in [4.78, 5) is 4.14. The molecule has 1 unspecified atom stereocenters. The Morgan fingerprint density at radius 2 is 2.40 bits per heavy atom. The van der Waals surface area contributed by atoms with Crippen LogP contribution in [0, 0.1) is 0 Å². The van der Waals surface area contributed by atoms with E-state index >= 15 is 0 Å². The molecule has 1 aromatic heterocycles. The average Bonchev–Trinajstić information content (AvgIpc) is 2.34. The van der Waals surface area contributed by atoms with Crippen molar-refractivity contribution in [3.05, 3.63) is 11.6 Å². The summed E-state index contributed by atoms with van der Waals surface area (Å²) in [6.07, 6.45) is 0.875. The van der Waals surface area contributed by atoms with Gasteiger partial charge in [0.25, 0.3) is 0 Å². The molecule has 4 heteroatoms. The molecule has 0 radical (unpaired) electrons. The number of nitrogens with one attached hydrogen (secondary N) is 1. The van der Waals surface area contributed by atoms with Gasteiger partial charge in [-0.05, 0) is 6.92 Å². The van der Waals surface area contributed by atoms with Crippen LogP contribution in [0.15, 0.2) is 0 Å². The Balaban J connectivity index is 2.78. The van der Waals surface area contributed by atoms with Gasteiger partial charge in [0.1, 0.15) is 5.82 Å². The van der Waals surface area contributed by atoms with Gasteiger partial charge in [-0.2, -0.15) is 5.10 Å². The van der Waals surface area contributed by atoms with Crippen molar-refractivity contribution in [3.8, 4) is 0 Å².